The van der Waals surface area contributed by atoms with Gasteiger partial charge >= 0.3 is 5.97 Å². The van der Waals surface area contributed by atoms with Gasteiger partial charge in [0.1, 0.15) is 0 Å². The molecule has 0 fully saturated rings. The first kappa shape index (κ1) is 15.5. The summed E-state index contributed by atoms with van der Waals surface area (Å²) in [5.41, 5.74) is 1.99. The summed E-state index contributed by atoms with van der Waals surface area (Å²) in [6.45, 7) is 0. The molecule has 0 heterocycles. The van der Waals surface area contributed by atoms with Crippen LogP contribution in [0.5, 0.6) is 0 Å². The summed E-state index contributed by atoms with van der Waals surface area (Å²) >= 11 is 10.9. The minimum atomic E-state index is -1.23. The molecule has 1 aliphatic carbocycles. The maximum absolute atomic E-state index is 12.5. The van der Waals surface area contributed by atoms with Crippen molar-refractivity contribution in [2.75, 3.05) is 5.32 Å². The van der Waals surface area contributed by atoms with Gasteiger partial charge in [-0.25, -0.2) is 4.79 Å². The lowest BCUT2D eigenvalue weighted by Gasteiger charge is -2.08. The molecule has 0 unspecified atom stereocenters. The van der Waals surface area contributed by atoms with E-state index in [0.717, 1.165) is 0 Å². The number of amides is 1. The van der Waals surface area contributed by atoms with Gasteiger partial charge in [0.25, 0.3) is 5.91 Å². The van der Waals surface area contributed by atoms with Gasteiger partial charge in [-0.05, 0) is 23.8 Å². The van der Waals surface area contributed by atoms with E-state index in [0.29, 0.717) is 27.9 Å². The number of nitrogens with one attached hydrogen (secondary N) is 1. The van der Waals surface area contributed by atoms with Gasteiger partial charge in [-0.1, -0.05) is 41.4 Å². The first-order chi connectivity index (χ1) is 10.9. The number of halogens is 2. The van der Waals surface area contributed by atoms with E-state index in [1.165, 1.54) is 18.2 Å². The fourth-order valence-electron chi connectivity index (χ4n) is 2.58. The van der Waals surface area contributed by atoms with Gasteiger partial charge in [0, 0.05) is 22.4 Å². The highest BCUT2D eigenvalue weighted by Crippen LogP contribution is 2.40. The van der Waals surface area contributed by atoms with Gasteiger partial charge < -0.3 is 10.4 Å². The number of hydrogen-bond donors (Lipinski definition) is 2. The van der Waals surface area contributed by atoms with Crippen LogP contribution >= 0.6 is 23.2 Å². The molecule has 2 N–H and O–H groups in total. The predicted octanol–water partition coefficient (Wildman–Crippen LogP) is 3.34. The van der Waals surface area contributed by atoms with Crippen LogP contribution in [0.4, 0.5) is 5.69 Å². The van der Waals surface area contributed by atoms with E-state index in [9.17, 15) is 19.5 Å². The van der Waals surface area contributed by atoms with Crippen LogP contribution < -0.4 is 5.32 Å². The molecule has 23 heavy (non-hydrogen) atoms. The summed E-state index contributed by atoms with van der Waals surface area (Å²) in [5.74, 6) is -2.00. The van der Waals surface area contributed by atoms with Crippen molar-refractivity contribution >= 4 is 46.5 Å². The number of benzene rings is 2. The summed E-state index contributed by atoms with van der Waals surface area (Å²) in [6, 6.07) is 9.20. The first-order valence-corrected chi connectivity index (χ1v) is 7.42. The first-order valence-electron chi connectivity index (χ1n) is 6.54. The number of carbonyl (C=O) groups excluding carboxylic acids is 2. The molecule has 0 spiro atoms. The average molecular weight is 350 g/mol. The van der Waals surface area contributed by atoms with Crippen molar-refractivity contribution in [1.82, 2.24) is 0 Å². The molecule has 5 nitrogen and oxygen atoms in total. The molecule has 0 aliphatic heterocycles. The number of carboxylic acids is 1. The summed E-state index contributed by atoms with van der Waals surface area (Å²) in [4.78, 5) is 34.1. The second kappa shape index (κ2) is 5.68. The number of anilines is 1. The highest BCUT2D eigenvalue weighted by Gasteiger charge is 2.30. The third-order valence-corrected chi connectivity index (χ3v) is 3.94. The summed E-state index contributed by atoms with van der Waals surface area (Å²) in [7, 11) is 0. The number of rotatable bonds is 3. The molecule has 0 saturated heterocycles. The third-order valence-electron chi connectivity index (χ3n) is 3.54. The van der Waals surface area contributed by atoms with Crippen LogP contribution in [0.1, 0.15) is 26.3 Å². The number of aromatic carboxylic acids is 1. The number of hydrogen-bond acceptors (Lipinski definition) is 3. The number of carboxylic acid groups (broad SMARTS) is 1. The molecule has 0 bridgehead atoms. The van der Waals surface area contributed by atoms with E-state index in [1.54, 1.807) is 18.2 Å². The second-order valence-corrected chi connectivity index (χ2v) is 6.01. The fourth-order valence-corrected chi connectivity index (χ4v) is 2.69. The van der Waals surface area contributed by atoms with E-state index >= 15 is 0 Å². The Morgan fingerprint density at radius 1 is 1.04 bits per heavy atom. The molecule has 1 aliphatic rings. The van der Waals surface area contributed by atoms with Crippen molar-refractivity contribution in [3.8, 4) is 11.1 Å². The largest absolute Gasteiger partial charge is 0.478 e. The smallest absolute Gasteiger partial charge is 0.336 e. The van der Waals surface area contributed by atoms with Crippen molar-refractivity contribution in [3.63, 3.8) is 0 Å². The Bertz CT molecular complexity index is 861. The molecule has 2 aromatic rings. The fraction of sp³-hybridized carbons (Fsp3) is 0.0625. The molecule has 0 radical (unpaired) electrons. The van der Waals surface area contributed by atoms with Crippen LogP contribution in [0.15, 0.2) is 36.4 Å². The van der Waals surface area contributed by atoms with Gasteiger partial charge in [-0.3, -0.25) is 9.59 Å². The Kier molecular flexibility index (Phi) is 3.83. The Morgan fingerprint density at radius 2 is 1.78 bits per heavy atom. The van der Waals surface area contributed by atoms with Crippen molar-refractivity contribution in [2.24, 2.45) is 0 Å². The zero-order chi connectivity index (χ0) is 16.7. The Balaban J connectivity index is 2.09. The second-order valence-electron chi connectivity index (χ2n) is 4.91. The monoisotopic (exact) mass is 349 g/mol. The highest BCUT2D eigenvalue weighted by molar-refractivity contribution is 6.54. The molecule has 0 aromatic heterocycles. The normalized spacial score (nSPS) is 12.0. The van der Waals surface area contributed by atoms with Crippen LogP contribution in [0.2, 0.25) is 0 Å². The van der Waals surface area contributed by atoms with E-state index in [1.807, 2.05) is 0 Å². The van der Waals surface area contributed by atoms with Crippen molar-refractivity contribution in [1.29, 1.82) is 0 Å². The van der Waals surface area contributed by atoms with Crippen LogP contribution in [0.25, 0.3) is 11.1 Å². The van der Waals surface area contributed by atoms with Crippen LogP contribution in [-0.2, 0) is 4.79 Å². The number of ketones is 1. The molecular formula is C16H9Cl2NO4. The van der Waals surface area contributed by atoms with E-state index < -0.39 is 16.7 Å². The SMILES string of the molecule is O=C(O)c1cccc2c1-c1ccc(NC(=O)C(Cl)Cl)cc1C2=O. The predicted molar refractivity (Wildman–Crippen MR) is 86.4 cm³/mol. The van der Waals surface area contributed by atoms with E-state index in [2.05, 4.69) is 5.32 Å². The van der Waals surface area contributed by atoms with Gasteiger partial charge in [0.2, 0.25) is 0 Å². The summed E-state index contributed by atoms with van der Waals surface area (Å²) < 4.78 is 0. The zero-order valence-corrected chi connectivity index (χ0v) is 13.0. The molecular weight excluding hydrogens is 341 g/mol. The van der Waals surface area contributed by atoms with Crippen LogP contribution in [0.3, 0.4) is 0 Å². The standard InChI is InChI=1S/C16H9Cl2NO4/c17-14(18)15(21)19-7-4-5-8-11(6-7)13(20)9-2-1-3-10(12(8)9)16(22)23/h1-6,14H,(H,19,21)(H,22,23). The zero-order valence-electron chi connectivity index (χ0n) is 11.5. The molecule has 0 saturated carbocycles. The van der Waals surface area contributed by atoms with Gasteiger partial charge in [0.05, 0.1) is 5.56 Å². The number of alkyl halides is 2. The minimum absolute atomic E-state index is 0.0629. The lowest BCUT2D eigenvalue weighted by Crippen LogP contribution is -2.18. The summed E-state index contributed by atoms with van der Waals surface area (Å²) in [5, 5.41) is 11.8. The number of carbonyl (C=O) groups is 3. The average Bonchev–Trinajstić information content (AvgIpc) is 2.80. The van der Waals surface area contributed by atoms with Gasteiger partial charge in [-0.2, -0.15) is 0 Å². The maximum Gasteiger partial charge on any atom is 0.336 e. The molecule has 3 rings (SSSR count). The van der Waals surface area contributed by atoms with Gasteiger partial charge in [-0.15, -0.1) is 0 Å². The van der Waals surface area contributed by atoms with Crippen molar-refractivity contribution < 1.29 is 19.5 Å². The van der Waals surface area contributed by atoms with E-state index in [-0.39, 0.29) is 11.3 Å². The molecule has 2 aromatic carbocycles. The number of fused-ring (bicyclic) bond motifs is 3. The van der Waals surface area contributed by atoms with Gasteiger partial charge in [0.15, 0.2) is 10.6 Å². The quantitative estimate of drug-likeness (QED) is 0.710. The van der Waals surface area contributed by atoms with Crippen molar-refractivity contribution in [2.45, 2.75) is 4.84 Å². The van der Waals surface area contributed by atoms with E-state index in [4.69, 9.17) is 23.2 Å². The topological polar surface area (TPSA) is 83.5 Å². The summed E-state index contributed by atoms with van der Waals surface area (Å²) in [6.07, 6.45) is 0. The third kappa shape index (κ3) is 2.58. The highest BCUT2D eigenvalue weighted by atomic mass is 35.5. The molecule has 0 atom stereocenters. The Labute approximate surface area is 140 Å². The Hall–Kier alpha value is -2.37. The Morgan fingerprint density at radius 3 is 2.43 bits per heavy atom. The molecule has 1 amide bonds. The lowest BCUT2D eigenvalue weighted by atomic mass is 9.99. The minimum Gasteiger partial charge on any atom is -0.478 e. The van der Waals surface area contributed by atoms with Crippen molar-refractivity contribution in [3.05, 3.63) is 53.1 Å². The maximum atomic E-state index is 12.5. The lowest BCUT2D eigenvalue weighted by molar-refractivity contribution is -0.114. The molecule has 7 heteroatoms. The van der Waals surface area contributed by atoms with Crippen LogP contribution in [-0.4, -0.2) is 27.6 Å². The molecule has 116 valence electrons. The van der Waals surface area contributed by atoms with Crippen LogP contribution in [0, 0.1) is 0 Å².